The van der Waals surface area contributed by atoms with Gasteiger partial charge in [-0.15, -0.1) is 0 Å². The van der Waals surface area contributed by atoms with E-state index in [-0.39, 0.29) is 6.09 Å². The first-order chi connectivity index (χ1) is 3.31. The van der Waals surface area contributed by atoms with Crippen LogP contribution in [-0.4, -0.2) is 38.8 Å². The summed E-state index contributed by atoms with van der Waals surface area (Å²) in [5.41, 5.74) is 0. The van der Waals surface area contributed by atoms with E-state index in [0.29, 0.717) is 32.7 Å². The summed E-state index contributed by atoms with van der Waals surface area (Å²) in [5.74, 6) is 0. The molecule has 0 aromatic heterocycles. The molecule has 0 bridgehead atoms. The van der Waals surface area contributed by atoms with Crippen LogP contribution in [0.2, 0.25) is 0 Å². The van der Waals surface area contributed by atoms with Gasteiger partial charge in [-0.05, 0) is 0 Å². The second-order valence-corrected chi connectivity index (χ2v) is 1.99. The molecule has 0 aliphatic heterocycles. The molecule has 1 amide bonds. The third kappa shape index (κ3) is 4.04. The fourth-order valence-corrected chi connectivity index (χ4v) is 0.497. The van der Waals surface area contributed by atoms with E-state index in [4.69, 9.17) is 0 Å². The van der Waals surface area contributed by atoms with Crippen molar-refractivity contribution in [3.63, 3.8) is 0 Å². The van der Waals surface area contributed by atoms with Crippen LogP contribution in [0.1, 0.15) is 6.92 Å². The average molecular weight is 296 g/mol. The van der Waals surface area contributed by atoms with Crippen molar-refractivity contribution < 1.29 is 9.53 Å². The zero-order chi connectivity index (χ0) is 5.70. The zero-order valence-corrected chi connectivity index (χ0v) is 8.59. The zero-order valence-electron chi connectivity index (χ0n) is 4.10. The van der Waals surface area contributed by atoms with Gasteiger partial charge in [-0.25, -0.2) is 0 Å². The molecule has 0 rings (SSSR count). The predicted molar refractivity (Wildman–Crippen MR) is 27.3 cm³/mol. The van der Waals surface area contributed by atoms with Crippen LogP contribution in [0.3, 0.4) is 0 Å². The van der Waals surface area contributed by atoms with E-state index in [1.54, 1.807) is 6.92 Å². The fraction of sp³-hybridized carbons (Fsp3) is 0.667. The summed E-state index contributed by atoms with van der Waals surface area (Å²) in [7, 11) is 0. The summed E-state index contributed by atoms with van der Waals surface area (Å²) >= 11 is 0.490. The van der Waals surface area contributed by atoms with E-state index in [2.05, 4.69) is 7.86 Å². The normalized spacial score (nSPS) is 7.71. The van der Waals surface area contributed by atoms with Gasteiger partial charge in [0.25, 0.3) is 0 Å². The van der Waals surface area contributed by atoms with Crippen molar-refractivity contribution in [3.05, 3.63) is 0 Å². The molecule has 0 aliphatic carbocycles. The van der Waals surface area contributed by atoms with Gasteiger partial charge < -0.3 is 0 Å². The fourth-order valence-electron chi connectivity index (χ4n) is 0.173. The van der Waals surface area contributed by atoms with Crippen molar-refractivity contribution in [3.8, 4) is 0 Å². The molecule has 0 aliphatic rings. The number of amides is 1. The average Bonchev–Trinajstić information content (AvgIpc) is 1.68. The van der Waals surface area contributed by atoms with Crippen molar-refractivity contribution in [2.45, 2.75) is 6.92 Å². The molecule has 3 nitrogen and oxygen atoms in total. The Morgan fingerprint density at radius 1 is 2.00 bits per heavy atom. The van der Waals surface area contributed by atoms with Crippen LogP contribution in [0.4, 0.5) is 4.79 Å². The van der Waals surface area contributed by atoms with E-state index in [0.717, 1.165) is 0 Å². The van der Waals surface area contributed by atoms with Crippen molar-refractivity contribution in [1.29, 1.82) is 0 Å². The number of carbonyl (C=O) groups excluding carboxylic acids is 1. The van der Waals surface area contributed by atoms with Crippen molar-refractivity contribution >= 4 is 32.2 Å². The number of rotatable bonds is 1. The molecule has 0 atom stereocenters. The van der Waals surface area contributed by atoms with Crippen LogP contribution in [0.25, 0.3) is 0 Å². The third-order valence-electron chi connectivity index (χ3n) is 0.393. The van der Waals surface area contributed by atoms with Gasteiger partial charge in [0.2, 0.25) is 0 Å². The maximum absolute atomic E-state index is 10.1. The quantitative estimate of drug-likeness (QED) is 0.666. The van der Waals surface area contributed by atoms with Gasteiger partial charge in [0.15, 0.2) is 0 Å². The third-order valence-corrected chi connectivity index (χ3v) is 1.31. The van der Waals surface area contributed by atoms with Gasteiger partial charge in [-0.3, -0.25) is 0 Å². The van der Waals surface area contributed by atoms with Crippen molar-refractivity contribution in [1.82, 2.24) is 3.13 Å². The van der Waals surface area contributed by atoms with E-state index in [1.807, 2.05) is 0 Å². The van der Waals surface area contributed by atoms with Crippen molar-refractivity contribution in [2.75, 3.05) is 6.61 Å². The van der Waals surface area contributed by atoms with Crippen LogP contribution < -0.4 is 3.13 Å². The Bertz CT molecular complexity index is 66.0. The van der Waals surface area contributed by atoms with Crippen LogP contribution in [0.15, 0.2) is 0 Å². The standard InChI is InChI=1S/C3H7NO2.Pb.H/c1-2-6-3(4)5;;/h2H2,1H3,(H2,4,5);;/q;+1;/p-1. The topological polar surface area (TPSA) is 38.3 Å². The first-order valence-electron chi connectivity index (χ1n) is 1.94. The van der Waals surface area contributed by atoms with Gasteiger partial charge in [-0.1, -0.05) is 0 Å². The molecule has 0 heterocycles. The van der Waals surface area contributed by atoms with E-state index in [1.165, 1.54) is 0 Å². The first-order valence-corrected chi connectivity index (χ1v) is 4.19. The summed E-state index contributed by atoms with van der Waals surface area (Å²) in [4.78, 5) is 10.1. The Morgan fingerprint density at radius 3 is 2.71 bits per heavy atom. The van der Waals surface area contributed by atoms with Gasteiger partial charge in [-0.2, -0.15) is 0 Å². The summed E-state index contributed by atoms with van der Waals surface area (Å²) in [6.45, 7) is 2.23. The molecule has 0 saturated heterocycles. The van der Waals surface area contributed by atoms with Crippen LogP contribution in [-0.2, 0) is 4.74 Å². The molecule has 40 valence electrons. The van der Waals surface area contributed by atoms with E-state index >= 15 is 0 Å². The monoisotopic (exact) mass is 297 g/mol. The first kappa shape index (κ1) is 7.19. The molecule has 0 aromatic carbocycles. The Morgan fingerprint density at radius 2 is 2.57 bits per heavy atom. The Kier molecular flexibility index (Phi) is 4.47. The van der Waals surface area contributed by atoms with Gasteiger partial charge >= 0.3 is 58.3 Å². The number of carbonyl (C=O) groups is 1. The molecule has 0 fully saturated rings. The van der Waals surface area contributed by atoms with Gasteiger partial charge in [0.1, 0.15) is 0 Å². The summed E-state index contributed by atoms with van der Waals surface area (Å²) in [6.07, 6.45) is -0.299. The van der Waals surface area contributed by atoms with Gasteiger partial charge in [0.05, 0.1) is 0 Å². The Labute approximate surface area is 58.5 Å². The Hall–Kier alpha value is 0.192. The van der Waals surface area contributed by atoms with Crippen LogP contribution in [0.5, 0.6) is 0 Å². The van der Waals surface area contributed by atoms with E-state index < -0.39 is 0 Å². The SMILES string of the molecule is CCOC(=O)[NH][PbH]. The molecular formula is C3H7NO2Pb. The number of ether oxygens (including phenoxy) is 1. The summed E-state index contributed by atoms with van der Waals surface area (Å²) in [6, 6.07) is 0. The minimum absolute atomic E-state index is 0.299. The molecule has 1 N–H and O–H groups in total. The molecule has 2 radical (unpaired) electrons. The second-order valence-electron chi connectivity index (χ2n) is 0.865. The maximum atomic E-state index is 10.1. The molecule has 0 unspecified atom stereocenters. The second kappa shape index (κ2) is 4.35. The number of hydrogen-bond donors (Lipinski definition) is 1. The Balaban J connectivity index is 3.00. The molecule has 0 aromatic rings. The number of nitrogens with one attached hydrogen (secondary N) is 1. The molecule has 7 heavy (non-hydrogen) atoms. The minimum atomic E-state index is -0.299. The molecular weight excluding hydrogens is 289 g/mol. The summed E-state index contributed by atoms with van der Waals surface area (Å²) < 4.78 is 6.95. The van der Waals surface area contributed by atoms with Crippen LogP contribution in [0, 0.1) is 0 Å². The number of hydrogen-bond acceptors (Lipinski definition) is 2. The van der Waals surface area contributed by atoms with Crippen LogP contribution >= 0.6 is 0 Å². The predicted octanol–water partition coefficient (Wildman–Crippen LogP) is -0.452. The van der Waals surface area contributed by atoms with Gasteiger partial charge in [0, 0.05) is 0 Å². The summed E-state index contributed by atoms with van der Waals surface area (Å²) in [5, 5.41) is 0. The molecule has 0 saturated carbocycles. The van der Waals surface area contributed by atoms with Crippen molar-refractivity contribution in [2.24, 2.45) is 0 Å². The molecule has 0 spiro atoms. The van der Waals surface area contributed by atoms with E-state index in [9.17, 15) is 4.79 Å². The molecule has 4 heteroatoms.